The third kappa shape index (κ3) is 4.13. The van der Waals surface area contributed by atoms with Crippen LogP contribution in [-0.2, 0) is 9.53 Å². The summed E-state index contributed by atoms with van der Waals surface area (Å²) in [7, 11) is 0. The van der Waals surface area contributed by atoms with Gasteiger partial charge >= 0.3 is 0 Å². The Hall–Kier alpha value is -2.97. The number of hydrogen-bond donors (Lipinski definition) is 1. The van der Waals surface area contributed by atoms with Crippen molar-refractivity contribution in [2.24, 2.45) is 0 Å². The SMILES string of the molecule is CC(C)OCCN1C(=O)C(O)=C(C(=O)c2cc3cc(Br)ccc3o2)C1c1ccncc1. The summed E-state index contributed by atoms with van der Waals surface area (Å²) in [6, 6.07) is 9.68. The number of Topliss-reactive ketones (excluding diaryl/α,β-unsaturated/α-hetero) is 1. The zero-order valence-electron chi connectivity index (χ0n) is 17.0. The van der Waals surface area contributed by atoms with Gasteiger partial charge in [-0.2, -0.15) is 0 Å². The highest BCUT2D eigenvalue weighted by Gasteiger charge is 2.44. The van der Waals surface area contributed by atoms with Gasteiger partial charge in [0.05, 0.1) is 24.3 Å². The lowest BCUT2D eigenvalue weighted by atomic mass is 9.96. The lowest BCUT2D eigenvalue weighted by Crippen LogP contribution is -2.34. The summed E-state index contributed by atoms with van der Waals surface area (Å²) in [6.07, 6.45) is 3.16. The zero-order chi connectivity index (χ0) is 22.1. The van der Waals surface area contributed by atoms with Crippen molar-refractivity contribution in [1.29, 1.82) is 0 Å². The maximum Gasteiger partial charge on any atom is 0.290 e. The second-order valence-corrected chi connectivity index (χ2v) is 8.40. The first kappa shape index (κ1) is 21.3. The number of benzene rings is 1. The lowest BCUT2D eigenvalue weighted by molar-refractivity contribution is -0.130. The highest BCUT2D eigenvalue weighted by atomic mass is 79.9. The monoisotopic (exact) mass is 484 g/mol. The van der Waals surface area contributed by atoms with Crippen molar-refractivity contribution in [2.45, 2.75) is 26.0 Å². The van der Waals surface area contributed by atoms with E-state index in [0.29, 0.717) is 11.1 Å². The largest absolute Gasteiger partial charge is 0.503 e. The van der Waals surface area contributed by atoms with E-state index in [1.54, 1.807) is 36.7 Å². The van der Waals surface area contributed by atoms with E-state index in [0.717, 1.165) is 9.86 Å². The molecule has 3 heterocycles. The highest BCUT2D eigenvalue weighted by Crippen LogP contribution is 2.39. The Morgan fingerprint density at radius 3 is 2.71 bits per heavy atom. The number of nitrogens with zero attached hydrogens (tertiary/aromatic N) is 2. The second-order valence-electron chi connectivity index (χ2n) is 7.49. The molecule has 0 bridgehead atoms. The van der Waals surface area contributed by atoms with Gasteiger partial charge in [-0.3, -0.25) is 14.6 Å². The number of ether oxygens (including phenoxy) is 1. The standard InChI is InChI=1S/C23H21BrN2O5/c1-13(2)30-10-9-26-20(14-5-7-25-8-6-14)19(22(28)23(26)29)21(27)18-12-15-11-16(24)3-4-17(15)31-18/h3-8,11-13,20,28H,9-10H2,1-2H3. The average Bonchev–Trinajstić information content (AvgIpc) is 3.27. The van der Waals surface area contributed by atoms with Crippen molar-refractivity contribution >= 4 is 38.6 Å². The van der Waals surface area contributed by atoms with Gasteiger partial charge in [0.2, 0.25) is 5.78 Å². The number of aliphatic hydroxyl groups excluding tert-OH is 1. The molecule has 8 heteroatoms. The molecular weight excluding hydrogens is 464 g/mol. The number of pyridine rings is 1. The molecule has 0 saturated carbocycles. The maximum absolute atomic E-state index is 13.4. The minimum Gasteiger partial charge on any atom is -0.503 e. The fourth-order valence-corrected chi connectivity index (χ4v) is 4.03. The van der Waals surface area contributed by atoms with Crippen molar-refractivity contribution < 1.29 is 23.8 Å². The van der Waals surface area contributed by atoms with Gasteiger partial charge in [-0.25, -0.2) is 0 Å². The third-order valence-electron chi connectivity index (χ3n) is 5.06. The molecule has 1 unspecified atom stereocenters. The van der Waals surface area contributed by atoms with Crippen LogP contribution in [0.2, 0.25) is 0 Å². The fraction of sp³-hybridized carbons (Fsp3) is 0.261. The average molecular weight is 485 g/mol. The number of halogens is 1. The zero-order valence-corrected chi connectivity index (χ0v) is 18.6. The molecule has 7 nitrogen and oxygen atoms in total. The number of aromatic nitrogens is 1. The Kier molecular flexibility index (Phi) is 5.93. The summed E-state index contributed by atoms with van der Waals surface area (Å²) in [5, 5.41) is 11.4. The van der Waals surface area contributed by atoms with Crippen molar-refractivity contribution in [3.8, 4) is 0 Å². The van der Waals surface area contributed by atoms with Crippen LogP contribution in [0.4, 0.5) is 0 Å². The number of rotatable bonds is 7. The summed E-state index contributed by atoms with van der Waals surface area (Å²) in [4.78, 5) is 31.8. The normalized spacial score (nSPS) is 16.7. The quantitative estimate of drug-likeness (QED) is 0.492. The topological polar surface area (TPSA) is 92.9 Å². The lowest BCUT2D eigenvalue weighted by Gasteiger charge is -2.26. The summed E-state index contributed by atoms with van der Waals surface area (Å²) >= 11 is 3.40. The second kappa shape index (κ2) is 8.64. The van der Waals surface area contributed by atoms with Crippen LogP contribution in [0, 0.1) is 0 Å². The van der Waals surface area contributed by atoms with E-state index in [2.05, 4.69) is 20.9 Å². The van der Waals surface area contributed by atoms with Gasteiger partial charge in [0.1, 0.15) is 5.58 Å². The highest BCUT2D eigenvalue weighted by molar-refractivity contribution is 9.10. The number of furan rings is 1. The Balaban J connectivity index is 1.73. The van der Waals surface area contributed by atoms with E-state index in [4.69, 9.17) is 9.15 Å². The molecule has 0 aliphatic carbocycles. The number of ketones is 1. The molecule has 1 aliphatic rings. The Morgan fingerprint density at radius 1 is 1.26 bits per heavy atom. The Bertz CT molecular complexity index is 1170. The summed E-state index contributed by atoms with van der Waals surface area (Å²) in [6.45, 7) is 4.30. The molecule has 3 aromatic rings. The van der Waals surface area contributed by atoms with Crippen LogP contribution in [0.15, 0.2) is 69.0 Å². The van der Waals surface area contributed by atoms with Gasteiger partial charge in [-0.1, -0.05) is 15.9 Å². The molecule has 0 spiro atoms. The van der Waals surface area contributed by atoms with Crippen LogP contribution in [0.1, 0.15) is 36.0 Å². The fourth-order valence-electron chi connectivity index (χ4n) is 3.65. The molecule has 1 aliphatic heterocycles. The van der Waals surface area contributed by atoms with E-state index < -0.39 is 23.5 Å². The van der Waals surface area contributed by atoms with E-state index >= 15 is 0 Å². The van der Waals surface area contributed by atoms with E-state index in [1.165, 1.54) is 4.90 Å². The maximum atomic E-state index is 13.4. The van der Waals surface area contributed by atoms with Crippen LogP contribution in [0.3, 0.4) is 0 Å². The molecule has 0 radical (unpaired) electrons. The Labute approximate surface area is 187 Å². The van der Waals surface area contributed by atoms with Crippen LogP contribution < -0.4 is 0 Å². The van der Waals surface area contributed by atoms with Crippen molar-refractivity contribution in [3.63, 3.8) is 0 Å². The Morgan fingerprint density at radius 2 is 2.00 bits per heavy atom. The summed E-state index contributed by atoms with van der Waals surface area (Å²) in [5.41, 5.74) is 1.19. The van der Waals surface area contributed by atoms with Crippen LogP contribution in [0.25, 0.3) is 11.0 Å². The van der Waals surface area contributed by atoms with Crippen molar-refractivity contribution in [2.75, 3.05) is 13.2 Å². The van der Waals surface area contributed by atoms with E-state index in [1.807, 2.05) is 26.0 Å². The van der Waals surface area contributed by atoms with Gasteiger partial charge in [0, 0.05) is 28.8 Å². The number of carbonyl (C=O) groups is 2. The van der Waals surface area contributed by atoms with Crippen LogP contribution in [0.5, 0.6) is 0 Å². The minimum atomic E-state index is -0.765. The number of amides is 1. The smallest absolute Gasteiger partial charge is 0.290 e. The molecule has 1 aromatic carbocycles. The summed E-state index contributed by atoms with van der Waals surface area (Å²) in [5.74, 6) is -1.66. The molecule has 0 fully saturated rings. The van der Waals surface area contributed by atoms with Gasteiger partial charge in [0.25, 0.3) is 5.91 Å². The van der Waals surface area contributed by atoms with Crippen molar-refractivity contribution in [3.05, 3.63) is 75.9 Å². The minimum absolute atomic E-state index is 0.00499. The summed E-state index contributed by atoms with van der Waals surface area (Å²) < 4.78 is 12.2. The van der Waals surface area contributed by atoms with Gasteiger partial charge in [0.15, 0.2) is 11.5 Å². The molecule has 1 atom stereocenters. The molecule has 1 amide bonds. The molecular formula is C23H21BrN2O5. The molecule has 160 valence electrons. The number of aliphatic hydroxyl groups is 1. The number of fused-ring (bicyclic) bond motifs is 1. The van der Waals surface area contributed by atoms with Crippen molar-refractivity contribution in [1.82, 2.24) is 9.88 Å². The molecule has 4 rings (SSSR count). The third-order valence-corrected chi connectivity index (χ3v) is 5.55. The first-order valence-electron chi connectivity index (χ1n) is 9.86. The molecule has 2 aromatic heterocycles. The predicted octanol–water partition coefficient (Wildman–Crippen LogP) is 4.59. The van der Waals surface area contributed by atoms with E-state index in [-0.39, 0.29) is 30.6 Å². The number of carbonyl (C=O) groups excluding carboxylic acids is 2. The van der Waals surface area contributed by atoms with Crippen LogP contribution in [-0.4, -0.2) is 45.9 Å². The van der Waals surface area contributed by atoms with Crippen LogP contribution >= 0.6 is 15.9 Å². The van der Waals surface area contributed by atoms with Gasteiger partial charge in [-0.15, -0.1) is 0 Å². The molecule has 1 N–H and O–H groups in total. The van der Waals surface area contributed by atoms with Gasteiger partial charge in [-0.05, 0) is 55.8 Å². The predicted molar refractivity (Wildman–Crippen MR) is 118 cm³/mol. The number of hydrogen-bond acceptors (Lipinski definition) is 6. The van der Waals surface area contributed by atoms with E-state index in [9.17, 15) is 14.7 Å². The molecule has 0 saturated heterocycles. The van der Waals surface area contributed by atoms with Gasteiger partial charge < -0.3 is 19.2 Å². The molecule has 31 heavy (non-hydrogen) atoms. The first-order valence-corrected chi connectivity index (χ1v) is 10.7. The first-order chi connectivity index (χ1) is 14.9.